The molecule has 0 N–H and O–H groups in total. The molecule has 17 heavy (non-hydrogen) atoms. The molecule has 0 bridgehead atoms. The van der Waals surface area contributed by atoms with Crippen LogP contribution in [0.2, 0.25) is 0 Å². The Morgan fingerprint density at radius 2 is 1.88 bits per heavy atom. The van der Waals surface area contributed by atoms with Gasteiger partial charge in [-0.1, -0.05) is 12.2 Å². The number of carbonyl (C=O) groups excluding carboxylic acids is 1. The minimum absolute atomic E-state index is 0.0766. The standard InChI is InChI=1S/C12H17F3O2/c1-17-11(16)10-6-4-9(5-7-10)3-2-8-12(13,14)15/h2-3,9-10H,4-8H2,1H3/b3-2+. The van der Waals surface area contributed by atoms with Crippen molar-refractivity contribution in [3.8, 4) is 0 Å². The number of hydrogen-bond donors (Lipinski definition) is 0. The second-order valence-electron chi connectivity index (χ2n) is 4.38. The number of hydrogen-bond acceptors (Lipinski definition) is 2. The molecule has 0 spiro atoms. The Hall–Kier alpha value is -1.00. The van der Waals surface area contributed by atoms with E-state index < -0.39 is 12.6 Å². The van der Waals surface area contributed by atoms with Crippen LogP contribution in [0.25, 0.3) is 0 Å². The molecule has 0 aromatic carbocycles. The van der Waals surface area contributed by atoms with Crippen molar-refractivity contribution in [2.75, 3.05) is 7.11 Å². The monoisotopic (exact) mass is 250 g/mol. The lowest BCUT2D eigenvalue weighted by atomic mass is 9.82. The number of ether oxygens (including phenoxy) is 1. The van der Waals surface area contributed by atoms with Gasteiger partial charge in [0.1, 0.15) is 0 Å². The van der Waals surface area contributed by atoms with E-state index in [4.69, 9.17) is 0 Å². The van der Waals surface area contributed by atoms with Gasteiger partial charge in [0.05, 0.1) is 19.4 Å². The summed E-state index contributed by atoms with van der Waals surface area (Å²) in [6, 6.07) is 0. The van der Waals surface area contributed by atoms with Gasteiger partial charge in [0.25, 0.3) is 0 Å². The average molecular weight is 250 g/mol. The molecule has 2 nitrogen and oxygen atoms in total. The van der Waals surface area contributed by atoms with E-state index in [1.165, 1.54) is 13.2 Å². The number of allylic oxidation sites excluding steroid dienone is 2. The molecule has 98 valence electrons. The highest BCUT2D eigenvalue weighted by atomic mass is 19.4. The Kier molecular flexibility index (Phi) is 5.02. The van der Waals surface area contributed by atoms with Gasteiger partial charge >= 0.3 is 12.1 Å². The summed E-state index contributed by atoms with van der Waals surface area (Å²) in [6.45, 7) is 0. The largest absolute Gasteiger partial charge is 0.469 e. The zero-order chi connectivity index (χ0) is 12.9. The van der Waals surface area contributed by atoms with Gasteiger partial charge < -0.3 is 4.74 Å². The summed E-state index contributed by atoms with van der Waals surface area (Å²) in [5.41, 5.74) is 0. The molecule has 0 aromatic rings. The molecule has 0 atom stereocenters. The minimum atomic E-state index is -4.13. The summed E-state index contributed by atoms with van der Waals surface area (Å²) in [5, 5.41) is 0. The maximum Gasteiger partial charge on any atom is 0.392 e. The van der Waals surface area contributed by atoms with Crippen LogP contribution < -0.4 is 0 Å². The van der Waals surface area contributed by atoms with E-state index >= 15 is 0 Å². The van der Waals surface area contributed by atoms with Crippen LogP contribution in [0.5, 0.6) is 0 Å². The number of methoxy groups -OCH3 is 1. The van der Waals surface area contributed by atoms with Gasteiger partial charge in [-0.3, -0.25) is 4.79 Å². The Balaban J connectivity index is 2.30. The highest BCUT2D eigenvalue weighted by molar-refractivity contribution is 5.72. The van der Waals surface area contributed by atoms with Crippen LogP contribution in [0.15, 0.2) is 12.2 Å². The molecule has 1 fully saturated rings. The summed E-state index contributed by atoms with van der Waals surface area (Å²) in [5.74, 6) is -0.117. The van der Waals surface area contributed by atoms with Crippen molar-refractivity contribution in [3.05, 3.63) is 12.2 Å². The molecule has 1 rings (SSSR count). The number of carbonyl (C=O) groups is 1. The highest BCUT2D eigenvalue weighted by Crippen LogP contribution is 2.31. The van der Waals surface area contributed by atoms with E-state index in [9.17, 15) is 18.0 Å². The number of rotatable bonds is 3. The van der Waals surface area contributed by atoms with Crippen LogP contribution in [0.1, 0.15) is 32.1 Å². The summed E-state index contributed by atoms with van der Waals surface area (Å²) in [6.07, 6.45) is 0.734. The molecule has 0 heterocycles. The fourth-order valence-electron chi connectivity index (χ4n) is 2.11. The van der Waals surface area contributed by atoms with E-state index in [0.717, 1.165) is 12.8 Å². The van der Waals surface area contributed by atoms with E-state index in [2.05, 4.69) is 4.74 Å². The molecule has 0 saturated heterocycles. The molecule has 5 heteroatoms. The van der Waals surface area contributed by atoms with Gasteiger partial charge in [0.15, 0.2) is 0 Å². The molecule has 0 unspecified atom stereocenters. The van der Waals surface area contributed by atoms with Gasteiger partial charge in [-0.15, -0.1) is 0 Å². The molecular weight excluding hydrogens is 233 g/mol. The highest BCUT2D eigenvalue weighted by Gasteiger charge is 2.27. The lowest BCUT2D eigenvalue weighted by Crippen LogP contribution is -2.22. The first-order valence-electron chi connectivity index (χ1n) is 5.73. The maximum atomic E-state index is 11.9. The minimum Gasteiger partial charge on any atom is -0.469 e. The SMILES string of the molecule is COC(=O)C1CCC(/C=C/CC(F)(F)F)CC1. The van der Waals surface area contributed by atoms with Gasteiger partial charge in [0.2, 0.25) is 0 Å². The van der Waals surface area contributed by atoms with Crippen LogP contribution in [0.3, 0.4) is 0 Å². The topological polar surface area (TPSA) is 26.3 Å². The zero-order valence-electron chi connectivity index (χ0n) is 9.80. The van der Waals surface area contributed by atoms with Crippen molar-refractivity contribution in [2.24, 2.45) is 11.8 Å². The number of esters is 1. The van der Waals surface area contributed by atoms with E-state index in [-0.39, 0.29) is 17.8 Å². The third kappa shape index (κ3) is 5.24. The molecule has 0 radical (unpaired) electrons. The fraction of sp³-hybridized carbons (Fsp3) is 0.750. The van der Waals surface area contributed by atoms with Crippen molar-refractivity contribution in [2.45, 2.75) is 38.3 Å². The average Bonchev–Trinajstić information content (AvgIpc) is 2.27. The third-order valence-corrected chi connectivity index (χ3v) is 3.06. The fourth-order valence-corrected chi connectivity index (χ4v) is 2.11. The normalized spacial score (nSPS) is 26.1. The predicted octanol–water partition coefficient (Wildman–Crippen LogP) is 3.47. The molecule has 0 aliphatic heterocycles. The number of alkyl halides is 3. The second kappa shape index (κ2) is 6.07. The Morgan fingerprint density at radius 1 is 1.29 bits per heavy atom. The van der Waals surface area contributed by atoms with Crippen LogP contribution in [-0.2, 0) is 9.53 Å². The summed E-state index contributed by atoms with van der Waals surface area (Å²) in [4.78, 5) is 11.2. The van der Waals surface area contributed by atoms with Crippen molar-refractivity contribution in [1.29, 1.82) is 0 Å². The smallest absolute Gasteiger partial charge is 0.392 e. The van der Waals surface area contributed by atoms with Crippen LogP contribution >= 0.6 is 0 Å². The first-order chi connectivity index (χ1) is 7.92. The van der Waals surface area contributed by atoms with Crippen molar-refractivity contribution in [3.63, 3.8) is 0 Å². The third-order valence-electron chi connectivity index (χ3n) is 3.06. The summed E-state index contributed by atoms with van der Waals surface area (Å²) in [7, 11) is 1.36. The Morgan fingerprint density at radius 3 is 2.35 bits per heavy atom. The van der Waals surface area contributed by atoms with Gasteiger partial charge in [-0.05, 0) is 31.6 Å². The molecule has 1 saturated carbocycles. The van der Waals surface area contributed by atoms with Crippen molar-refractivity contribution >= 4 is 5.97 Å². The van der Waals surface area contributed by atoms with E-state index in [1.54, 1.807) is 6.08 Å². The summed E-state index contributed by atoms with van der Waals surface area (Å²) < 4.78 is 40.4. The molecular formula is C12H17F3O2. The van der Waals surface area contributed by atoms with Crippen LogP contribution in [-0.4, -0.2) is 19.3 Å². The maximum absolute atomic E-state index is 11.9. The Bertz CT molecular complexity index is 276. The quantitative estimate of drug-likeness (QED) is 0.566. The molecule has 0 amide bonds. The Labute approximate surface area is 98.8 Å². The zero-order valence-corrected chi connectivity index (χ0v) is 9.80. The first-order valence-corrected chi connectivity index (χ1v) is 5.73. The van der Waals surface area contributed by atoms with E-state index in [0.29, 0.717) is 12.8 Å². The lowest BCUT2D eigenvalue weighted by molar-refractivity contribution is -0.146. The van der Waals surface area contributed by atoms with Crippen molar-refractivity contribution < 1.29 is 22.7 Å². The second-order valence-corrected chi connectivity index (χ2v) is 4.38. The van der Waals surface area contributed by atoms with E-state index in [1.807, 2.05) is 0 Å². The van der Waals surface area contributed by atoms with Crippen LogP contribution in [0.4, 0.5) is 13.2 Å². The lowest BCUT2D eigenvalue weighted by Gasteiger charge is -2.24. The van der Waals surface area contributed by atoms with Gasteiger partial charge in [-0.2, -0.15) is 13.2 Å². The van der Waals surface area contributed by atoms with Crippen LogP contribution in [0, 0.1) is 11.8 Å². The molecule has 1 aliphatic carbocycles. The van der Waals surface area contributed by atoms with Gasteiger partial charge in [0, 0.05) is 0 Å². The predicted molar refractivity (Wildman–Crippen MR) is 57.3 cm³/mol. The van der Waals surface area contributed by atoms with Gasteiger partial charge in [-0.25, -0.2) is 0 Å². The first kappa shape index (κ1) is 14.1. The summed E-state index contributed by atoms with van der Waals surface area (Å²) >= 11 is 0. The molecule has 1 aliphatic rings. The van der Waals surface area contributed by atoms with Crippen molar-refractivity contribution in [1.82, 2.24) is 0 Å². The molecule has 0 aromatic heterocycles. The number of halogens is 3.